The van der Waals surface area contributed by atoms with E-state index in [1.54, 1.807) is 0 Å². The zero-order chi connectivity index (χ0) is 10.8. The summed E-state index contributed by atoms with van der Waals surface area (Å²) in [5.41, 5.74) is 1.25. The Kier molecular flexibility index (Phi) is 8.31. The van der Waals surface area contributed by atoms with Gasteiger partial charge in [0.2, 0.25) is 0 Å². The van der Waals surface area contributed by atoms with E-state index in [1.807, 2.05) is 19.1 Å². The predicted molar refractivity (Wildman–Crippen MR) is 66.4 cm³/mol. The van der Waals surface area contributed by atoms with Crippen LogP contribution in [0.5, 0.6) is 0 Å². The monoisotopic (exact) mass is 192 g/mol. The lowest BCUT2D eigenvalue weighted by Gasteiger charge is -2.13. The summed E-state index contributed by atoms with van der Waals surface area (Å²) in [4.78, 5) is 0. The zero-order valence-corrected chi connectivity index (χ0v) is 9.92. The minimum absolute atomic E-state index is 0.822. The highest BCUT2D eigenvalue weighted by Gasteiger charge is 2.04. The molecule has 0 spiro atoms. The van der Waals surface area contributed by atoms with Crippen LogP contribution < -0.4 is 0 Å². The zero-order valence-electron chi connectivity index (χ0n) is 9.92. The molecule has 0 heterocycles. The fourth-order valence-corrected chi connectivity index (χ4v) is 1.60. The Hall–Kier alpha value is -0.780. The minimum Gasteiger partial charge on any atom is -0.0958 e. The first-order valence-electron chi connectivity index (χ1n) is 5.71. The normalized spacial score (nSPS) is 13.9. The van der Waals surface area contributed by atoms with E-state index in [0.717, 1.165) is 12.3 Å². The Morgan fingerprint density at radius 1 is 1.29 bits per heavy atom. The second-order valence-corrected chi connectivity index (χ2v) is 3.81. The summed E-state index contributed by atoms with van der Waals surface area (Å²) in [5.74, 6) is 0.822. The van der Waals surface area contributed by atoms with Crippen molar-refractivity contribution >= 4 is 0 Å². The highest BCUT2D eigenvalue weighted by atomic mass is 14.1. The van der Waals surface area contributed by atoms with Crippen LogP contribution in [0.1, 0.15) is 46.5 Å². The molecule has 14 heavy (non-hydrogen) atoms. The van der Waals surface area contributed by atoms with E-state index in [1.165, 1.54) is 24.8 Å². The van der Waals surface area contributed by atoms with Crippen molar-refractivity contribution in [3.63, 3.8) is 0 Å². The lowest BCUT2D eigenvalue weighted by Crippen LogP contribution is -1.98. The Bertz CT molecular complexity index is 196. The molecule has 80 valence electrons. The van der Waals surface area contributed by atoms with Crippen LogP contribution in [0, 0.1) is 5.92 Å². The van der Waals surface area contributed by atoms with E-state index in [0.29, 0.717) is 0 Å². The van der Waals surface area contributed by atoms with E-state index in [2.05, 4.69) is 32.6 Å². The smallest absolute Gasteiger partial charge is 0.0256 e. The molecule has 0 radical (unpaired) electrons. The molecule has 1 atom stereocenters. The Morgan fingerprint density at radius 2 is 2.00 bits per heavy atom. The number of allylic oxidation sites excluding steroid dienone is 5. The summed E-state index contributed by atoms with van der Waals surface area (Å²) in [6, 6.07) is 0. The molecule has 0 amide bonds. The van der Waals surface area contributed by atoms with Crippen molar-refractivity contribution in [2.24, 2.45) is 5.92 Å². The summed E-state index contributed by atoms with van der Waals surface area (Å²) in [7, 11) is 0. The Morgan fingerprint density at radius 3 is 2.50 bits per heavy atom. The van der Waals surface area contributed by atoms with Crippen molar-refractivity contribution in [2.75, 3.05) is 0 Å². The van der Waals surface area contributed by atoms with Gasteiger partial charge in [0.25, 0.3) is 0 Å². The maximum absolute atomic E-state index is 4.08. The highest BCUT2D eigenvalue weighted by Crippen LogP contribution is 2.19. The quantitative estimate of drug-likeness (QED) is 0.504. The molecule has 0 fully saturated rings. The minimum atomic E-state index is 0.822. The van der Waals surface area contributed by atoms with Gasteiger partial charge in [-0.25, -0.2) is 0 Å². The second kappa shape index (κ2) is 8.80. The molecule has 0 heteroatoms. The van der Waals surface area contributed by atoms with Crippen LogP contribution >= 0.6 is 0 Å². The highest BCUT2D eigenvalue weighted by molar-refractivity contribution is 5.19. The van der Waals surface area contributed by atoms with Gasteiger partial charge in [0.05, 0.1) is 0 Å². The van der Waals surface area contributed by atoms with Gasteiger partial charge in [0, 0.05) is 0 Å². The van der Waals surface area contributed by atoms with E-state index in [-0.39, 0.29) is 0 Å². The standard InChI is InChI=1S/C14H24/c1-5-8-9-11-13(4)12-14(7-3)10-6-2/h5,8-9,11,14H,4,6-7,10,12H2,1-3H3/b8-5-,11-9-. The first-order valence-corrected chi connectivity index (χ1v) is 5.71. The molecular weight excluding hydrogens is 168 g/mol. The van der Waals surface area contributed by atoms with E-state index >= 15 is 0 Å². The van der Waals surface area contributed by atoms with Crippen molar-refractivity contribution < 1.29 is 0 Å². The molecule has 0 aromatic rings. The molecule has 0 nitrogen and oxygen atoms in total. The van der Waals surface area contributed by atoms with Crippen LogP contribution in [0.4, 0.5) is 0 Å². The molecular formula is C14H24. The molecule has 0 saturated carbocycles. The molecule has 0 aliphatic rings. The summed E-state index contributed by atoms with van der Waals surface area (Å²) >= 11 is 0. The fraction of sp³-hybridized carbons (Fsp3) is 0.571. The second-order valence-electron chi connectivity index (χ2n) is 3.81. The van der Waals surface area contributed by atoms with Gasteiger partial charge < -0.3 is 0 Å². The largest absolute Gasteiger partial charge is 0.0958 e. The van der Waals surface area contributed by atoms with Gasteiger partial charge in [0.15, 0.2) is 0 Å². The lowest BCUT2D eigenvalue weighted by atomic mass is 9.93. The Labute approximate surface area is 89.4 Å². The molecule has 1 unspecified atom stereocenters. The molecule has 0 rings (SSSR count). The average Bonchev–Trinajstić information content (AvgIpc) is 2.17. The third kappa shape index (κ3) is 6.71. The van der Waals surface area contributed by atoms with Crippen LogP contribution in [0.25, 0.3) is 0 Å². The van der Waals surface area contributed by atoms with Crippen LogP contribution in [-0.4, -0.2) is 0 Å². The first kappa shape index (κ1) is 13.2. The van der Waals surface area contributed by atoms with Crippen molar-refractivity contribution in [3.8, 4) is 0 Å². The summed E-state index contributed by atoms with van der Waals surface area (Å²) in [6.45, 7) is 10.6. The lowest BCUT2D eigenvalue weighted by molar-refractivity contribution is 0.464. The molecule has 0 N–H and O–H groups in total. The summed E-state index contributed by atoms with van der Waals surface area (Å²) in [5, 5.41) is 0. The number of hydrogen-bond acceptors (Lipinski definition) is 0. The molecule has 0 aromatic carbocycles. The van der Waals surface area contributed by atoms with Crippen LogP contribution in [0.3, 0.4) is 0 Å². The van der Waals surface area contributed by atoms with Gasteiger partial charge in [-0.1, -0.05) is 69.6 Å². The van der Waals surface area contributed by atoms with Gasteiger partial charge >= 0.3 is 0 Å². The fourth-order valence-electron chi connectivity index (χ4n) is 1.60. The van der Waals surface area contributed by atoms with Crippen molar-refractivity contribution in [3.05, 3.63) is 36.5 Å². The van der Waals surface area contributed by atoms with E-state index < -0.39 is 0 Å². The van der Waals surface area contributed by atoms with E-state index in [4.69, 9.17) is 0 Å². The number of rotatable bonds is 7. The van der Waals surface area contributed by atoms with Crippen LogP contribution in [0.2, 0.25) is 0 Å². The third-order valence-electron chi connectivity index (χ3n) is 2.46. The molecule has 0 aliphatic carbocycles. The summed E-state index contributed by atoms with van der Waals surface area (Å²) in [6.07, 6.45) is 13.3. The molecule has 0 aromatic heterocycles. The summed E-state index contributed by atoms with van der Waals surface area (Å²) < 4.78 is 0. The van der Waals surface area contributed by atoms with E-state index in [9.17, 15) is 0 Å². The molecule has 0 saturated heterocycles. The Balaban J connectivity index is 3.89. The van der Waals surface area contributed by atoms with Crippen molar-refractivity contribution in [1.29, 1.82) is 0 Å². The van der Waals surface area contributed by atoms with Gasteiger partial charge in [0.1, 0.15) is 0 Å². The molecule has 0 bridgehead atoms. The molecule has 0 aliphatic heterocycles. The maximum Gasteiger partial charge on any atom is -0.0256 e. The third-order valence-corrected chi connectivity index (χ3v) is 2.46. The van der Waals surface area contributed by atoms with Crippen LogP contribution in [0.15, 0.2) is 36.5 Å². The SMILES string of the molecule is C=C(/C=C\C=C/C)CC(CC)CCC. The van der Waals surface area contributed by atoms with Gasteiger partial charge in [-0.15, -0.1) is 0 Å². The van der Waals surface area contributed by atoms with Gasteiger partial charge in [-0.05, 0) is 19.3 Å². The average molecular weight is 192 g/mol. The van der Waals surface area contributed by atoms with Crippen LogP contribution in [-0.2, 0) is 0 Å². The first-order chi connectivity index (χ1) is 6.74. The topological polar surface area (TPSA) is 0 Å². The number of hydrogen-bond donors (Lipinski definition) is 0. The van der Waals surface area contributed by atoms with Gasteiger partial charge in [-0.2, -0.15) is 0 Å². The predicted octanol–water partition coefficient (Wildman–Crippen LogP) is 4.89. The van der Waals surface area contributed by atoms with Crippen molar-refractivity contribution in [1.82, 2.24) is 0 Å². The maximum atomic E-state index is 4.08. The van der Waals surface area contributed by atoms with Crippen molar-refractivity contribution in [2.45, 2.75) is 46.5 Å². The van der Waals surface area contributed by atoms with Gasteiger partial charge in [-0.3, -0.25) is 0 Å².